The summed E-state index contributed by atoms with van der Waals surface area (Å²) in [5.74, 6) is 1.11. The summed E-state index contributed by atoms with van der Waals surface area (Å²) in [4.78, 5) is 12.0. The van der Waals surface area contributed by atoms with Gasteiger partial charge < -0.3 is 20.2 Å². The number of nitrogens with two attached hydrogens (primary N) is 1. The first-order valence-electron chi connectivity index (χ1n) is 6.53. The van der Waals surface area contributed by atoms with E-state index < -0.39 is 0 Å². The number of nitrogens with one attached hydrogen (secondary N) is 1. The molecule has 0 atom stereocenters. The molecule has 0 aliphatic carbocycles. The maximum absolute atomic E-state index is 12.0. The van der Waals surface area contributed by atoms with Gasteiger partial charge in [0, 0.05) is 5.56 Å². The molecule has 1 aromatic carbocycles. The van der Waals surface area contributed by atoms with Gasteiger partial charge in [0.25, 0.3) is 5.91 Å². The number of rotatable bonds is 6. The summed E-state index contributed by atoms with van der Waals surface area (Å²) in [6, 6.07) is 8.60. The molecule has 1 aromatic heterocycles. The molecule has 0 aliphatic heterocycles. The van der Waals surface area contributed by atoms with Crippen LogP contribution in [0.2, 0.25) is 0 Å². The second kappa shape index (κ2) is 6.65. The van der Waals surface area contributed by atoms with Crippen molar-refractivity contribution in [2.75, 3.05) is 12.3 Å². The molecule has 0 bridgehead atoms. The predicted molar refractivity (Wildman–Crippen MR) is 76.5 cm³/mol. The number of anilines is 1. The molecule has 0 unspecified atom stereocenters. The molecule has 0 aliphatic rings. The Balaban J connectivity index is 1.97. The lowest BCUT2D eigenvalue weighted by molar-refractivity contribution is 0.0948. The number of furan rings is 1. The van der Waals surface area contributed by atoms with Gasteiger partial charge in [0.05, 0.1) is 25.1 Å². The van der Waals surface area contributed by atoms with Crippen LogP contribution in [-0.2, 0) is 6.54 Å². The van der Waals surface area contributed by atoms with Crippen LogP contribution in [0.15, 0.2) is 41.0 Å². The Morgan fingerprint density at radius 1 is 1.40 bits per heavy atom. The largest absolute Gasteiger partial charge is 0.491 e. The fourth-order valence-corrected chi connectivity index (χ4v) is 1.72. The molecule has 1 heterocycles. The summed E-state index contributed by atoms with van der Waals surface area (Å²) in [6.07, 6.45) is 2.48. The van der Waals surface area contributed by atoms with Crippen molar-refractivity contribution in [3.63, 3.8) is 0 Å². The van der Waals surface area contributed by atoms with Crippen molar-refractivity contribution in [1.82, 2.24) is 5.32 Å². The highest BCUT2D eigenvalue weighted by molar-refractivity contribution is 5.95. The normalized spacial score (nSPS) is 10.2. The molecule has 2 aromatic rings. The molecular weight excluding hydrogens is 256 g/mol. The van der Waals surface area contributed by atoms with Gasteiger partial charge >= 0.3 is 0 Å². The van der Waals surface area contributed by atoms with Crippen LogP contribution >= 0.6 is 0 Å². The molecular formula is C15H18N2O3. The van der Waals surface area contributed by atoms with Gasteiger partial charge in [-0.2, -0.15) is 0 Å². The molecule has 1 amide bonds. The van der Waals surface area contributed by atoms with Crippen LogP contribution in [0.3, 0.4) is 0 Å². The fraction of sp³-hybridized carbons (Fsp3) is 0.267. The third-order valence-electron chi connectivity index (χ3n) is 2.74. The molecule has 0 radical (unpaired) electrons. The first-order valence-corrected chi connectivity index (χ1v) is 6.53. The summed E-state index contributed by atoms with van der Waals surface area (Å²) < 4.78 is 10.6. The van der Waals surface area contributed by atoms with Gasteiger partial charge in [0.1, 0.15) is 11.5 Å². The zero-order valence-corrected chi connectivity index (χ0v) is 11.4. The summed E-state index contributed by atoms with van der Waals surface area (Å²) in [5, 5.41) is 2.76. The van der Waals surface area contributed by atoms with E-state index in [-0.39, 0.29) is 5.91 Å². The van der Waals surface area contributed by atoms with Crippen LogP contribution < -0.4 is 15.8 Å². The first kappa shape index (κ1) is 14.0. The third-order valence-corrected chi connectivity index (χ3v) is 2.74. The minimum atomic E-state index is -0.199. The number of nitrogen functional groups attached to an aromatic ring is 1. The van der Waals surface area contributed by atoms with Crippen molar-refractivity contribution in [2.45, 2.75) is 19.9 Å². The van der Waals surface area contributed by atoms with Crippen LogP contribution in [0.1, 0.15) is 29.5 Å². The average molecular weight is 274 g/mol. The van der Waals surface area contributed by atoms with Crippen molar-refractivity contribution >= 4 is 11.6 Å². The number of hydrogen-bond acceptors (Lipinski definition) is 4. The van der Waals surface area contributed by atoms with Crippen LogP contribution in [0.25, 0.3) is 0 Å². The monoisotopic (exact) mass is 274 g/mol. The maximum atomic E-state index is 12.0. The van der Waals surface area contributed by atoms with E-state index in [4.69, 9.17) is 14.9 Å². The summed E-state index contributed by atoms with van der Waals surface area (Å²) in [5.41, 5.74) is 6.83. The van der Waals surface area contributed by atoms with Gasteiger partial charge in [0.2, 0.25) is 0 Å². The van der Waals surface area contributed by atoms with E-state index in [1.807, 2.05) is 6.92 Å². The SMILES string of the molecule is CCCOc1ccc(C(=O)NCc2ccco2)cc1N. The third kappa shape index (κ3) is 3.54. The second-order valence-electron chi connectivity index (χ2n) is 4.36. The van der Waals surface area contributed by atoms with Crippen LogP contribution in [0, 0.1) is 0 Å². The van der Waals surface area contributed by atoms with Gasteiger partial charge in [-0.1, -0.05) is 6.92 Å². The zero-order valence-electron chi connectivity index (χ0n) is 11.4. The Morgan fingerprint density at radius 3 is 2.90 bits per heavy atom. The van der Waals surface area contributed by atoms with E-state index in [0.717, 1.165) is 6.42 Å². The molecule has 106 valence electrons. The quantitative estimate of drug-likeness (QED) is 0.794. The molecule has 5 nitrogen and oxygen atoms in total. The van der Waals surface area contributed by atoms with Crippen molar-refractivity contribution in [3.05, 3.63) is 47.9 Å². The molecule has 0 saturated heterocycles. The van der Waals surface area contributed by atoms with Crippen molar-refractivity contribution in [3.8, 4) is 5.75 Å². The number of carbonyl (C=O) groups is 1. The van der Waals surface area contributed by atoms with E-state index in [1.54, 1.807) is 36.6 Å². The van der Waals surface area contributed by atoms with Crippen LogP contribution in [0.4, 0.5) is 5.69 Å². The minimum absolute atomic E-state index is 0.199. The molecule has 20 heavy (non-hydrogen) atoms. The van der Waals surface area contributed by atoms with Gasteiger partial charge in [0.15, 0.2) is 0 Å². The number of carbonyl (C=O) groups excluding carboxylic acids is 1. The maximum Gasteiger partial charge on any atom is 0.251 e. The predicted octanol–water partition coefficient (Wildman–Crippen LogP) is 2.58. The molecule has 2 rings (SSSR count). The van der Waals surface area contributed by atoms with Gasteiger partial charge in [-0.05, 0) is 36.8 Å². The lowest BCUT2D eigenvalue weighted by Gasteiger charge is -2.09. The number of hydrogen-bond donors (Lipinski definition) is 2. The highest BCUT2D eigenvalue weighted by Gasteiger charge is 2.09. The molecule has 0 fully saturated rings. The Labute approximate surface area is 117 Å². The topological polar surface area (TPSA) is 77.5 Å². The number of ether oxygens (including phenoxy) is 1. The van der Waals surface area contributed by atoms with Gasteiger partial charge in [-0.3, -0.25) is 4.79 Å². The minimum Gasteiger partial charge on any atom is -0.491 e. The summed E-state index contributed by atoms with van der Waals surface area (Å²) in [7, 11) is 0. The lowest BCUT2D eigenvalue weighted by atomic mass is 10.1. The average Bonchev–Trinajstić information content (AvgIpc) is 2.96. The van der Waals surface area contributed by atoms with Crippen molar-refractivity contribution < 1.29 is 13.9 Å². The Hall–Kier alpha value is -2.43. The number of amides is 1. The molecule has 5 heteroatoms. The van der Waals surface area contributed by atoms with E-state index in [9.17, 15) is 4.79 Å². The Kier molecular flexibility index (Phi) is 4.65. The van der Waals surface area contributed by atoms with Crippen molar-refractivity contribution in [1.29, 1.82) is 0 Å². The van der Waals surface area contributed by atoms with E-state index in [0.29, 0.717) is 35.9 Å². The summed E-state index contributed by atoms with van der Waals surface area (Å²) >= 11 is 0. The highest BCUT2D eigenvalue weighted by atomic mass is 16.5. The lowest BCUT2D eigenvalue weighted by Crippen LogP contribution is -2.22. The molecule has 0 spiro atoms. The molecule has 0 saturated carbocycles. The van der Waals surface area contributed by atoms with Crippen LogP contribution in [0.5, 0.6) is 5.75 Å². The van der Waals surface area contributed by atoms with Gasteiger partial charge in [-0.15, -0.1) is 0 Å². The standard InChI is InChI=1S/C15H18N2O3/c1-2-7-20-14-6-5-11(9-13(14)16)15(18)17-10-12-4-3-8-19-12/h3-6,8-9H,2,7,10,16H2,1H3,(H,17,18). The molecule has 3 N–H and O–H groups in total. The van der Waals surface area contributed by atoms with E-state index >= 15 is 0 Å². The first-order chi connectivity index (χ1) is 9.70. The summed E-state index contributed by atoms with van der Waals surface area (Å²) in [6.45, 7) is 2.97. The fourth-order valence-electron chi connectivity index (χ4n) is 1.72. The Morgan fingerprint density at radius 2 is 2.25 bits per heavy atom. The second-order valence-corrected chi connectivity index (χ2v) is 4.36. The zero-order chi connectivity index (χ0) is 14.4. The van der Waals surface area contributed by atoms with Gasteiger partial charge in [-0.25, -0.2) is 0 Å². The van der Waals surface area contributed by atoms with E-state index in [1.165, 1.54) is 0 Å². The van der Waals surface area contributed by atoms with Crippen molar-refractivity contribution in [2.24, 2.45) is 0 Å². The Bertz CT molecular complexity index is 565. The number of benzene rings is 1. The van der Waals surface area contributed by atoms with E-state index in [2.05, 4.69) is 5.32 Å². The van der Waals surface area contributed by atoms with Crippen LogP contribution in [-0.4, -0.2) is 12.5 Å². The smallest absolute Gasteiger partial charge is 0.251 e. The highest BCUT2D eigenvalue weighted by Crippen LogP contribution is 2.22.